The third kappa shape index (κ3) is 4.71. The Morgan fingerprint density at radius 3 is 2.17 bits per heavy atom. The lowest BCUT2D eigenvalue weighted by Crippen LogP contribution is -2.25. The van der Waals surface area contributed by atoms with Gasteiger partial charge >= 0.3 is 5.97 Å². The SMILES string of the molecule is CN(Cc1ccccc1Cc1ccccc1)C(=O)C=C(O)C(=O)O. The number of aliphatic carboxylic acids is 1. The van der Waals surface area contributed by atoms with E-state index in [-0.39, 0.29) is 0 Å². The summed E-state index contributed by atoms with van der Waals surface area (Å²) in [6.45, 7) is 0.325. The van der Waals surface area contributed by atoms with Crippen molar-refractivity contribution < 1.29 is 19.8 Å². The molecule has 0 aliphatic heterocycles. The number of aliphatic hydroxyl groups is 1. The second-order valence-corrected chi connectivity index (χ2v) is 5.46. The van der Waals surface area contributed by atoms with Crippen molar-refractivity contribution in [2.24, 2.45) is 0 Å². The van der Waals surface area contributed by atoms with E-state index in [2.05, 4.69) is 0 Å². The number of likely N-dealkylation sites (N-methyl/N-ethyl adjacent to an activating group) is 1. The van der Waals surface area contributed by atoms with E-state index >= 15 is 0 Å². The highest BCUT2D eigenvalue weighted by Crippen LogP contribution is 2.16. The summed E-state index contributed by atoms with van der Waals surface area (Å²) in [4.78, 5) is 23.9. The molecule has 124 valence electrons. The summed E-state index contributed by atoms with van der Waals surface area (Å²) in [6, 6.07) is 17.8. The maximum absolute atomic E-state index is 12.0. The smallest absolute Gasteiger partial charge is 0.371 e. The minimum Gasteiger partial charge on any atom is -0.502 e. The Bertz CT molecular complexity index is 753. The van der Waals surface area contributed by atoms with E-state index in [1.165, 1.54) is 10.5 Å². The molecule has 2 N–H and O–H groups in total. The molecular formula is C19H19NO4. The van der Waals surface area contributed by atoms with Gasteiger partial charge < -0.3 is 15.1 Å². The van der Waals surface area contributed by atoms with Crippen LogP contribution >= 0.6 is 0 Å². The van der Waals surface area contributed by atoms with Crippen molar-refractivity contribution in [3.63, 3.8) is 0 Å². The van der Waals surface area contributed by atoms with E-state index in [4.69, 9.17) is 5.11 Å². The van der Waals surface area contributed by atoms with Gasteiger partial charge in [0.15, 0.2) is 0 Å². The van der Waals surface area contributed by atoms with Gasteiger partial charge in [0.1, 0.15) is 0 Å². The minimum absolute atomic E-state index is 0.325. The van der Waals surface area contributed by atoms with Gasteiger partial charge in [0.2, 0.25) is 5.76 Å². The van der Waals surface area contributed by atoms with Crippen LogP contribution in [0.2, 0.25) is 0 Å². The number of nitrogens with zero attached hydrogens (tertiary/aromatic N) is 1. The highest BCUT2D eigenvalue weighted by Gasteiger charge is 2.13. The van der Waals surface area contributed by atoms with Gasteiger partial charge in [-0.25, -0.2) is 4.79 Å². The summed E-state index contributed by atoms with van der Waals surface area (Å²) in [6.07, 6.45) is 1.46. The first-order valence-electron chi connectivity index (χ1n) is 7.47. The third-order valence-electron chi connectivity index (χ3n) is 3.62. The van der Waals surface area contributed by atoms with E-state index in [1.54, 1.807) is 7.05 Å². The van der Waals surface area contributed by atoms with E-state index in [1.807, 2.05) is 54.6 Å². The standard InChI is InChI=1S/C19H19NO4/c1-20(18(22)12-17(21)19(23)24)13-16-10-6-5-9-15(16)11-14-7-3-2-4-8-14/h2-10,12,21H,11,13H2,1H3,(H,23,24). The molecule has 0 aliphatic rings. The average molecular weight is 325 g/mol. The number of benzene rings is 2. The Labute approximate surface area is 140 Å². The quantitative estimate of drug-likeness (QED) is 0.632. The van der Waals surface area contributed by atoms with Crippen LogP contribution in [-0.2, 0) is 22.6 Å². The summed E-state index contributed by atoms with van der Waals surface area (Å²) in [5, 5.41) is 17.8. The van der Waals surface area contributed by atoms with Crippen molar-refractivity contribution in [1.82, 2.24) is 4.90 Å². The average Bonchev–Trinajstić information content (AvgIpc) is 2.57. The molecule has 24 heavy (non-hydrogen) atoms. The van der Waals surface area contributed by atoms with Crippen LogP contribution in [0, 0.1) is 0 Å². The van der Waals surface area contributed by atoms with Crippen molar-refractivity contribution >= 4 is 11.9 Å². The summed E-state index contributed by atoms with van der Waals surface area (Å²) in [5.41, 5.74) is 3.23. The molecule has 0 atom stereocenters. The highest BCUT2D eigenvalue weighted by atomic mass is 16.4. The summed E-state index contributed by atoms with van der Waals surface area (Å²) in [7, 11) is 1.56. The lowest BCUT2D eigenvalue weighted by Gasteiger charge is -2.18. The molecular weight excluding hydrogens is 306 g/mol. The van der Waals surface area contributed by atoms with E-state index in [0.29, 0.717) is 12.6 Å². The number of amides is 1. The first-order valence-corrected chi connectivity index (χ1v) is 7.47. The van der Waals surface area contributed by atoms with E-state index < -0.39 is 17.6 Å². The van der Waals surface area contributed by atoms with Gasteiger partial charge in [0.25, 0.3) is 5.91 Å². The van der Waals surface area contributed by atoms with Crippen LogP contribution in [-0.4, -0.2) is 34.0 Å². The van der Waals surface area contributed by atoms with Gasteiger partial charge in [-0.05, 0) is 23.1 Å². The molecule has 0 aromatic heterocycles. The zero-order valence-corrected chi connectivity index (χ0v) is 13.3. The van der Waals surface area contributed by atoms with Gasteiger partial charge in [-0.1, -0.05) is 54.6 Å². The zero-order chi connectivity index (χ0) is 17.5. The number of hydrogen-bond acceptors (Lipinski definition) is 3. The normalized spacial score (nSPS) is 11.1. The number of hydrogen-bond donors (Lipinski definition) is 2. The Morgan fingerprint density at radius 2 is 1.54 bits per heavy atom. The van der Waals surface area contributed by atoms with Gasteiger partial charge in [0, 0.05) is 13.6 Å². The third-order valence-corrected chi connectivity index (χ3v) is 3.62. The topological polar surface area (TPSA) is 77.8 Å². The van der Waals surface area contributed by atoms with Crippen LogP contribution in [0.3, 0.4) is 0 Å². The molecule has 0 fully saturated rings. The molecule has 5 nitrogen and oxygen atoms in total. The van der Waals surface area contributed by atoms with Gasteiger partial charge in [0.05, 0.1) is 6.08 Å². The molecule has 0 spiro atoms. The first-order chi connectivity index (χ1) is 11.5. The molecule has 0 aliphatic carbocycles. The number of carbonyl (C=O) groups is 2. The molecule has 2 aromatic rings. The largest absolute Gasteiger partial charge is 0.502 e. The molecule has 0 radical (unpaired) electrons. The molecule has 0 bridgehead atoms. The number of carboxylic acids is 1. The van der Waals surface area contributed by atoms with Gasteiger partial charge in [-0.2, -0.15) is 0 Å². The Balaban J connectivity index is 2.14. The zero-order valence-electron chi connectivity index (χ0n) is 13.3. The monoisotopic (exact) mass is 325 g/mol. The van der Waals surface area contributed by atoms with Crippen molar-refractivity contribution in [3.8, 4) is 0 Å². The number of rotatable bonds is 6. The predicted octanol–water partition coefficient (Wildman–Crippen LogP) is 2.76. The fraction of sp³-hybridized carbons (Fsp3) is 0.158. The number of carbonyl (C=O) groups excluding carboxylic acids is 1. The predicted molar refractivity (Wildman–Crippen MR) is 90.5 cm³/mol. The minimum atomic E-state index is -1.53. The van der Waals surface area contributed by atoms with E-state index in [9.17, 15) is 14.7 Å². The fourth-order valence-electron chi connectivity index (χ4n) is 2.32. The maximum atomic E-state index is 12.0. The van der Waals surface area contributed by atoms with Crippen LogP contribution in [0.5, 0.6) is 0 Å². The van der Waals surface area contributed by atoms with Crippen molar-refractivity contribution in [2.45, 2.75) is 13.0 Å². The van der Waals surface area contributed by atoms with Gasteiger partial charge in [-0.15, -0.1) is 0 Å². The Kier molecular flexibility index (Phi) is 5.73. The molecule has 2 rings (SSSR count). The van der Waals surface area contributed by atoms with Crippen LogP contribution < -0.4 is 0 Å². The van der Waals surface area contributed by atoms with Gasteiger partial charge in [-0.3, -0.25) is 4.79 Å². The molecule has 1 amide bonds. The van der Waals surface area contributed by atoms with Crippen LogP contribution in [0.15, 0.2) is 66.4 Å². The molecule has 0 heterocycles. The lowest BCUT2D eigenvalue weighted by molar-refractivity contribution is -0.136. The second-order valence-electron chi connectivity index (χ2n) is 5.46. The van der Waals surface area contributed by atoms with Crippen LogP contribution in [0.1, 0.15) is 16.7 Å². The summed E-state index contributed by atoms with van der Waals surface area (Å²) < 4.78 is 0. The van der Waals surface area contributed by atoms with Crippen molar-refractivity contribution in [3.05, 3.63) is 83.1 Å². The molecule has 0 saturated carbocycles. The lowest BCUT2D eigenvalue weighted by atomic mass is 9.99. The Hall–Kier alpha value is -3.08. The maximum Gasteiger partial charge on any atom is 0.371 e. The molecule has 0 unspecified atom stereocenters. The molecule has 2 aromatic carbocycles. The number of carboxylic acid groups (broad SMARTS) is 1. The molecule has 0 saturated heterocycles. The number of aliphatic hydroxyl groups excluding tert-OH is 1. The van der Waals surface area contributed by atoms with Crippen LogP contribution in [0.4, 0.5) is 0 Å². The van der Waals surface area contributed by atoms with Crippen molar-refractivity contribution in [2.75, 3.05) is 7.05 Å². The van der Waals surface area contributed by atoms with Crippen LogP contribution in [0.25, 0.3) is 0 Å². The van der Waals surface area contributed by atoms with E-state index in [0.717, 1.165) is 17.5 Å². The summed E-state index contributed by atoms with van der Waals surface area (Å²) >= 11 is 0. The first kappa shape index (κ1) is 17.3. The summed E-state index contributed by atoms with van der Waals surface area (Å²) in [5.74, 6) is -3.06. The fourth-order valence-corrected chi connectivity index (χ4v) is 2.32. The van der Waals surface area contributed by atoms with Crippen molar-refractivity contribution in [1.29, 1.82) is 0 Å². The Morgan fingerprint density at radius 1 is 0.958 bits per heavy atom. The molecule has 5 heteroatoms. The second kappa shape index (κ2) is 7.97. The highest BCUT2D eigenvalue weighted by molar-refractivity contribution is 5.95.